The molecule has 80 valence electrons. The highest BCUT2D eigenvalue weighted by Crippen LogP contribution is 2.34. The average Bonchev–Trinajstić information content (AvgIpc) is 2.50. The van der Waals surface area contributed by atoms with Crippen molar-refractivity contribution in [2.75, 3.05) is 5.73 Å². The molecule has 1 fully saturated rings. The Hall–Kier alpha value is -1.03. The average molecular weight is 269 g/mol. The molecule has 0 bridgehead atoms. The highest BCUT2D eigenvalue weighted by Gasteiger charge is 2.31. The van der Waals surface area contributed by atoms with Gasteiger partial charge >= 0.3 is 0 Å². The maximum absolute atomic E-state index is 11.3. The number of nitrogen functional groups attached to an aromatic ring is 1. The van der Waals surface area contributed by atoms with E-state index in [1.165, 1.54) is 0 Å². The Morgan fingerprint density at radius 2 is 2.27 bits per heavy atom. The summed E-state index contributed by atoms with van der Waals surface area (Å²) in [6.45, 7) is 2.06. The molecule has 3 N–H and O–H groups in total. The summed E-state index contributed by atoms with van der Waals surface area (Å²) in [5.74, 6) is 0.404. The van der Waals surface area contributed by atoms with Gasteiger partial charge < -0.3 is 11.1 Å². The van der Waals surface area contributed by atoms with Crippen LogP contribution < -0.4 is 11.1 Å². The van der Waals surface area contributed by atoms with Gasteiger partial charge in [0, 0.05) is 16.6 Å². The van der Waals surface area contributed by atoms with Gasteiger partial charge in [-0.25, -0.2) is 0 Å². The first-order valence-electron chi connectivity index (χ1n) is 4.92. The second-order valence-corrected chi connectivity index (χ2v) is 4.92. The van der Waals surface area contributed by atoms with Crippen molar-refractivity contribution in [2.24, 2.45) is 5.92 Å². The minimum absolute atomic E-state index is 0.0509. The minimum Gasteiger partial charge on any atom is -0.398 e. The number of nitrogens with two attached hydrogens (primary N) is 1. The molecule has 1 aromatic carbocycles. The quantitative estimate of drug-likeness (QED) is 0.768. The van der Waals surface area contributed by atoms with Crippen LogP contribution in [-0.2, 0) is 4.79 Å². The Bertz CT molecular complexity index is 406. The lowest BCUT2D eigenvalue weighted by molar-refractivity contribution is -0.119. The molecule has 2 atom stereocenters. The zero-order chi connectivity index (χ0) is 11.0. The van der Waals surface area contributed by atoms with Gasteiger partial charge in [0.25, 0.3) is 0 Å². The van der Waals surface area contributed by atoms with Crippen molar-refractivity contribution >= 4 is 27.5 Å². The molecular formula is C11H13BrN2O. The van der Waals surface area contributed by atoms with E-state index in [2.05, 4.69) is 28.2 Å². The molecule has 0 aliphatic carbocycles. The van der Waals surface area contributed by atoms with E-state index < -0.39 is 0 Å². The van der Waals surface area contributed by atoms with E-state index in [0.717, 1.165) is 15.7 Å². The third-order valence-corrected chi connectivity index (χ3v) is 3.27. The van der Waals surface area contributed by atoms with Crippen LogP contribution in [0.15, 0.2) is 22.7 Å². The van der Waals surface area contributed by atoms with Gasteiger partial charge in [-0.2, -0.15) is 0 Å². The fourth-order valence-corrected chi connectivity index (χ4v) is 2.36. The van der Waals surface area contributed by atoms with Crippen molar-refractivity contribution in [1.82, 2.24) is 5.32 Å². The second-order valence-electron chi connectivity index (χ2n) is 4.00. The van der Waals surface area contributed by atoms with Gasteiger partial charge in [0.15, 0.2) is 0 Å². The van der Waals surface area contributed by atoms with Crippen LogP contribution in [0.4, 0.5) is 5.69 Å². The molecule has 1 aliphatic heterocycles. The highest BCUT2D eigenvalue weighted by atomic mass is 79.9. The van der Waals surface area contributed by atoms with Gasteiger partial charge in [0.1, 0.15) is 0 Å². The normalized spacial score (nSPS) is 25.3. The molecular weight excluding hydrogens is 256 g/mol. The number of carbonyl (C=O) groups excluding carboxylic acids is 1. The zero-order valence-electron chi connectivity index (χ0n) is 8.46. The van der Waals surface area contributed by atoms with E-state index in [-0.39, 0.29) is 11.9 Å². The lowest BCUT2D eigenvalue weighted by Gasteiger charge is -2.17. The van der Waals surface area contributed by atoms with E-state index >= 15 is 0 Å². The number of benzene rings is 1. The minimum atomic E-state index is 0.0509. The van der Waals surface area contributed by atoms with Crippen molar-refractivity contribution in [3.05, 3.63) is 28.2 Å². The molecule has 1 aromatic rings. The Kier molecular flexibility index (Phi) is 2.69. The van der Waals surface area contributed by atoms with E-state index in [4.69, 9.17) is 5.73 Å². The van der Waals surface area contributed by atoms with Crippen LogP contribution in [0.1, 0.15) is 24.9 Å². The molecule has 2 rings (SSSR count). The summed E-state index contributed by atoms with van der Waals surface area (Å²) < 4.78 is 0.986. The molecule has 0 unspecified atom stereocenters. The Morgan fingerprint density at radius 1 is 1.53 bits per heavy atom. The highest BCUT2D eigenvalue weighted by molar-refractivity contribution is 9.10. The molecule has 4 heteroatoms. The van der Waals surface area contributed by atoms with Gasteiger partial charge in [0.05, 0.1) is 6.04 Å². The van der Waals surface area contributed by atoms with Gasteiger partial charge in [0.2, 0.25) is 5.91 Å². The van der Waals surface area contributed by atoms with Gasteiger partial charge in [-0.3, -0.25) is 4.79 Å². The van der Waals surface area contributed by atoms with E-state index in [0.29, 0.717) is 12.3 Å². The molecule has 0 saturated carbocycles. The summed E-state index contributed by atoms with van der Waals surface area (Å²) in [7, 11) is 0. The molecule has 1 saturated heterocycles. The number of amides is 1. The fourth-order valence-electron chi connectivity index (χ4n) is 1.98. The van der Waals surface area contributed by atoms with Crippen LogP contribution in [0.2, 0.25) is 0 Å². The predicted octanol–water partition coefficient (Wildman–Crippen LogP) is 2.23. The topological polar surface area (TPSA) is 55.1 Å². The van der Waals surface area contributed by atoms with E-state index in [1.54, 1.807) is 0 Å². The summed E-state index contributed by atoms with van der Waals surface area (Å²) in [6.07, 6.45) is 0.580. The number of hydrogen-bond acceptors (Lipinski definition) is 2. The fraction of sp³-hybridized carbons (Fsp3) is 0.364. The summed E-state index contributed by atoms with van der Waals surface area (Å²) >= 11 is 3.41. The van der Waals surface area contributed by atoms with Gasteiger partial charge in [-0.05, 0) is 29.7 Å². The van der Waals surface area contributed by atoms with Crippen molar-refractivity contribution in [2.45, 2.75) is 19.4 Å². The van der Waals surface area contributed by atoms with E-state index in [9.17, 15) is 4.79 Å². The zero-order valence-corrected chi connectivity index (χ0v) is 10.0. The van der Waals surface area contributed by atoms with E-state index in [1.807, 2.05) is 18.2 Å². The molecule has 0 spiro atoms. The summed E-state index contributed by atoms with van der Waals surface area (Å²) in [6, 6.07) is 5.79. The number of halogens is 1. The maximum Gasteiger partial charge on any atom is 0.220 e. The van der Waals surface area contributed by atoms with Crippen LogP contribution in [-0.4, -0.2) is 5.91 Å². The Labute approximate surface area is 97.2 Å². The first-order valence-corrected chi connectivity index (χ1v) is 5.71. The molecule has 3 nitrogen and oxygen atoms in total. The predicted molar refractivity (Wildman–Crippen MR) is 63.2 cm³/mol. The molecule has 0 radical (unpaired) electrons. The first-order chi connectivity index (χ1) is 7.08. The Balaban J connectivity index is 2.36. The number of rotatable bonds is 1. The van der Waals surface area contributed by atoms with Crippen LogP contribution in [0, 0.1) is 5.92 Å². The van der Waals surface area contributed by atoms with Crippen LogP contribution in [0.3, 0.4) is 0 Å². The third-order valence-electron chi connectivity index (χ3n) is 2.78. The monoisotopic (exact) mass is 268 g/mol. The summed E-state index contributed by atoms with van der Waals surface area (Å²) in [5.41, 5.74) is 7.64. The summed E-state index contributed by atoms with van der Waals surface area (Å²) in [4.78, 5) is 11.3. The standard InChI is InChI=1S/C11H13BrN2O/c1-6-4-10(15)14-11(6)8-5-7(12)2-3-9(8)13/h2-3,5-6,11H,4,13H2,1H3,(H,14,15)/t6-,11-/m0/s1. The lowest BCUT2D eigenvalue weighted by atomic mass is 9.95. The van der Waals surface area contributed by atoms with Crippen molar-refractivity contribution in [3.63, 3.8) is 0 Å². The first kappa shape index (κ1) is 10.5. The van der Waals surface area contributed by atoms with Gasteiger partial charge in [-0.1, -0.05) is 22.9 Å². The molecule has 15 heavy (non-hydrogen) atoms. The SMILES string of the molecule is C[C@H]1CC(=O)N[C@@H]1c1cc(Br)ccc1N. The van der Waals surface area contributed by atoms with Gasteiger partial charge in [-0.15, -0.1) is 0 Å². The molecule has 1 heterocycles. The smallest absolute Gasteiger partial charge is 0.220 e. The molecule has 1 aliphatic rings. The van der Waals surface area contributed by atoms with Crippen LogP contribution in [0.25, 0.3) is 0 Å². The summed E-state index contributed by atoms with van der Waals surface area (Å²) in [5, 5.41) is 2.95. The van der Waals surface area contributed by atoms with Crippen LogP contribution in [0.5, 0.6) is 0 Å². The largest absolute Gasteiger partial charge is 0.398 e. The maximum atomic E-state index is 11.3. The van der Waals surface area contributed by atoms with Crippen molar-refractivity contribution < 1.29 is 4.79 Å². The van der Waals surface area contributed by atoms with Crippen molar-refractivity contribution in [3.8, 4) is 0 Å². The second kappa shape index (κ2) is 3.85. The number of carbonyl (C=O) groups is 1. The number of hydrogen-bond donors (Lipinski definition) is 2. The number of anilines is 1. The molecule has 1 amide bonds. The lowest BCUT2D eigenvalue weighted by Crippen LogP contribution is -2.21. The molecule has 0 aromatic heterocycles. The Morgan fingerprint density at radius 3 is 2.87 bits per heavy atom. The van der Waals surface area contributed by atoms with Crippen LogP contribution >= 0.6 is 15.9 Å². The van der Waals surface area contributed by atoms with Crippen molar-refractivity contribution in [1.29, 1.82) is 0 Å². The third kappa shape index (κ3) is 2.00. The number of nitrogens with one attached hydrogen (secondary N) is 1.